The maximum absolute atomic E-state index is 12.6. The summed E-state index contributed by atoms with van der Waals surface area (Å²) in [6.45, 7) is 0.448. The Labute approximate surface area is 212 Å². The van der Waals surface area contributed by atoms with E-state index in [2.05, 4.69) is 25.5 Å². The van der Waals surface area contributed by atoms with Crippen molar-refractivity contribution in [3.05, 3.63) is 71.0 Å². The summed E-state index contributed by atoms with van der Waals surface area (Å²) in [7, 11) is 3.65. The number of carbonyl (C=O) groups excluding carboxylic acids is 1. The zero-order valence-electron chi connectivity index (χ0n) is 20.1. The molecule has 0 radical (unpaired) electrons. The molecule has 5 aromatic rings. The number of aryl methyl sites for hydroxylation is 1. The van der Waals surface area contributed by atoms with E-state index in [9.17, 15) is 4.79 Å². The van der Waals surface area contributed by atoms with Crippen molar-refractivity contribution in [3.8, 4) is 5.75 Å². The van der Waals surface area contributed by atoms with Crippen LogP contribution in [-0.4, -0.2) is 45.1 Å². The van der Waals surface area contributed by atoms with Crippen LogP contribution in [0.15, 0.2) is 55.0 Å². The minimum absolute atomic E-state index is 0.0198. The van der Waals surface area contributed by atoms with Gasteiger partial charge < -0.3 is 15.0 Å². The molecule has 1 amide bonds. The number of anilines is 2. The van der Waals surface area contributed by atoms with Gasteiger partial charge in [-0.15, -0.1) is 11.3 Å². The van der Waals surface area contributed by atoms with Crippen LogP contribution in [0.1, 0.15) is 22.4 Å². The van der Waals surface area contributed by atoms with Gasteiger partial charge in [0.15, 0.2) is 0 Å². The van der Waals surface area contributed by atoms with Crippen molar-refractivity contribution in [2.45, 2.75) is 25.9 Å². The van der Waals surface area contributed by atoms with Crippen molar-refractivity contribution in [3.63, 3.8) is 0 Å². The molecule has 0 saturated carbocycles. The first kappa shape index (κ1) is 22.5. The molecule has 8 nitrogen and oxygen atoms in total. The highest BCUT2D eigenvalue weighted by Gasteiger charge is 2.30. The number of amides is 1. The van der Waals surface area contributed by atoms with E-state index in [1.165, 1.54) is 10.4 Å². The van der Waals surface area contributed by atoms with Crippen LogP contribution in [0.2, 0.25) is 0 Å². The molecular formula is C27H26N6O2S. The quantitative estimate of drug-likeness (QED) is 0.339. The number of ether oxygens (including phenoxy) is 1. The molecule has 2 aromatic carbocycles. The number of H-pyrrole nitrogens is 1. The Bertz CT molecular complexity index is 1560. The molecule has 0 bridgehead atoms. The minimum Gasteiger partial charge on any atom is -0.487 e. The maximum atomic E-state index is 12.6. The van der Waals surface area contributed by atoms with Gasteiger partial charge >= 0.3 is 0 Å². The molecular weight excluding hydrogens is 472 g/mol. The van der Waals surface area contributed by atoms with Gasteiger partial charge in [-0.05, 0) is 36.5 Å². The fourth-order valence-electron chi connectivity index (χ4n) is 4.83. The number of benzene rings is 2. The Hall–Kier alpha value is -3.98. The van der Waals surface area contributed by atoms with Crippen LogP contribution in [0.25, 0.3) is 21.1 Å². The molecule has 0 aliphatic heterocycles. The normalized spacial score (nSPS) is 15.1. The lowest BCUT2D eigenvalue weighted by Crippen LogP contribution is -2.32. The number of aromatic amines is 1. The van der Waals surface area contributed by atoms with Crippen LogP contribution in [0.4, 0.5) is 11.5 Å². The molecule has 0 fully saturated rings. The molecule has 0 spiro atoms. The van der Waals surface area contributed by atoms with Crippen molar-refractivity contribution >= 4 is 49.9 Å². The fourth-order valence-corrected chi connectivity index (χ4v) is 6.10. The fraction of sp³-hybridized carbons (Fsp3) is 0.259. The third kappa shape index (κ3) is 4.15. The molecule has 1 aliphatic rings. The topological polar surface area (TPSA) is 96.0 Å². The highest BCUT2D eigenvalue weighted by atomic mass is 32.1. The molecule has 3 aromatic heterocycles. The van der Waals surface area contributed by atoms with Crippen LogP contribution in [0, 0.1) is 5.92 Å². The molecule has 0 unspecified atom stereocenters. The zero-order chi connectivity index (χ0) is 24.6. The summed E-state index contributed by atoms with van der Waals surface area (Å²) < 4.78 is 6.25. The van der Waals surface area contributed by atoms with Crippen molar-refractivity contribution in [1.82, 2.24) is 25.1 Å². The lowest BCUT2D eigenvalue weighted by Gasteiger charge is -2.24. The first-order valence-corrected chi connectivity index (χ1v) is 12.8. The number of fused-ring (bicyclic) bond motifs is 4. The largest absolute Gasteiger partial charge is 0.487 e. The molecule has 9 heteroatoms. The van der Waals surface area contributed by atoms with Gasteiger partial charge in [0, 0.05) is 36.3 Å². The predicted molar refractivity (Wildman–Crippen MR) is 142 cm³/mol. The predicted octanol–water partition coefficient (Wildman–Crippen LogP) is 5.08. The number of rotatable bonds is 6. The van der Waals surface area contributed by atoms with E-state index in [0.29, 0.717) is 12.4 Å². The van der Waals surface area contributed by atoms with Crippen molar-refractivity contribution in [1.29, 1.82) is 0 Å². The molecule has 1 aliphatic carbocycles. The van der Waals surface area contributed by atoms with Gasteiger partial charge in [0.05, 0.1) is 22.8 Å². The number of nitrogens with one attached hydrogen (secondary N) is 2. The summed E-state index contributed by atoms with van der Waals surface area (Å²) in [4.78, 5) is 25.6. The molecule has 1 atom stereocenters. The van der Waals surface area contributed by atoms with E-state index in [0.717, 1.165) is 57.5 Å². The van der Waals surface area contributed by atoms with Gasteiger partial charge in [-0.2, -0.15) is 5.10 Å². The minimum atomic E-state index is 0.0198. The second-order valence-corrected chi connectivity index (χ2v) is 10.4. The van der Waals surface area contributed by atoms with Crippen LogP contribution in [-0.2, 0) is 24.2 Å². The first-order chi connectivity index (χ1) is 17.6. The SMILES string of the molecule is CN(C)C(=O)[C@H]1CCc2c(sc3ncnc(Nc4cc5cn[nH]c5cc4OCc4ccccc4)c23)C1. The highest BCUT2D eigenvalue weighted by molar-refractivity contribution is 7.19. The van der Waals surface area contributed by atoms with Gasteiger partial charge in [-0.25, -0.2) is 9.97 Å². The summed E-state index contributed by atoms with van der Waals surface area (Å²) in [6, 6.07) is 14.1. The second kappa shape index (κ2) is 9.23. The third-order valence-electron chi connectivity index (χ3n) is 6.67. The van der Waals surface area contributed by atoms with Crippen molar-refractivity contribution < 1.29 is 9.53 Å². The van der Waals surface area contributed by atoms with Crippen LogP contribution >= 0.6 is 11.3 Å². The standard InChI is InChI=1S/C27H26N6O2S/c1-33(2)27(34)17-8-9-19-23(11-17)36-26-24(19)25(28-15-29-26)31-21-10-18-13-30-32-20(18)12-22(21)35-14-16-6-4-3-5-7-16/h3-7,10,12-13,15,17H,8-9,11,14H2,1-2H3,(H,30,32)(H,28,29,31)/t17-/m0/s1. The number of carbonyl (C=O) groups is 1. The number of hydrogen-bond donors (Lipinski definition) is 2. The lowest BCUT2D eigenvalue weighted by atomic mass is 9.87. The van der Waals surface area contributed by atoms with E-state index in [-0.39, 0.29) is 11.8 Å². The van der Waals surface area contributed by atoms with Crippen LogP contribution < -0.4 is 10.1 Å². The monoisotopic (exact) mass is 498 g/mol. The first-order valence-electron chi connectivity index (χ1n) is 11.9. The van der Waals surface area contributed by atoms with E-state index in [1.807, 2.05) is 56.6 Å². The molecule has 0 saturated heterocycles. The number of hydrogen-bond acceptors (Lipinski definition) is 7. The Balaban J connectivity index is 1.35. The van der Waals surface area contributed by atoms with E-state index in [1.54, 1.807) is 28.8 Å². The summed E-state index contributed by atoms with van der Waals surface area (Å²) in [5.74, 6) is 1.67. The number of aromatic nitrogens is 4. The van der Waals surface area contributed by atoms with Gasteiger partial charge in [0.2, 0.25) is 5.91 Å². The molecule has 182 valence electrons. The molecule has 36 heavy (non-hydrogen) atoms. The smallest absolute Gasteiger partial charge is 0.225 e. The Kier molecular flexibility index (Phi) is 5.77. The lowest BCUT2D eigenvalue weighted by molar-refractivity contribution is -0.133. The molecule has 3 heterocycles. The van der Waals surface area contributed by atoms with E-state index in [4.69, 9.17) is 4.74 Å². The van der Waals surface area contributed by atoms with Crippen molar-refractivity contribution in [2.75, 3.05) is 19.4 Å². The van der Waals surface area contributed by atoms with Gasteiger partial charge in [0.25, 0.3) is 0 Å². The average molecular weight is 499 g/mol. The number of nitrogens with zero attached hydrogens (tertiary/aromatic N) is 4. The van der Waals surface area contributed by atoms with Crippen LogP contribution in [0.3, 0.4) is 0 Å². The van der Waals surface area contributed by atoms with Gasteiger partial charge in [-0.3, -0.25) is 9.89 Å². The van der Waals surface area contributed by atoms with E-state index >= 15 is 0 Å². The highest BCUT2D eigenvalue weighted by Crippen LogP contribution is 2.42. The molecule has 2 N–H and O–H groups in total. The van der Waals surface area contributed by atoms with Crippen LogP contribution in [0.5, 0.6) is 5.75 Å². The zero-order valence-corrected chi connectivity index (χ0v) is 20.9. The summed E-state index contributed by atoms with van der Waals surface area (Å²) in [6.07, 6.45) is 5.80. The summed E-state index contributed by atoms with van der Waals surface area (Å²) >= 11 is 1.66. The second-order valence-electron chi connectivity index (χ2n) is 9.28. The maximum Gasteiger partial charge on any atom is 0.225 e. The van der Waals surface area contributed by atoms with E-state index < -0.39 is 0 Å². The summed E-state index contributed by atoms with van der Waals surface area (Å²) in [5.41, 5.74) is 4.06. The Morgan fingerprint density at radius 3 is 2.92 bits per heavy atom. The third-order valence-corrected chi connectivity index (χ3v) is 7.83. The molecule has 6 rings (SSSR count). The summed E-state index contributed by atoms with van der Waals surface area (Å²) in [5, 5.41) is 12.8. The van der Waals surface area contributed by atoms with Gasteiger partial charge in [0.1, 0.15) is 29.3 Å². The average Bonchev–Trinajstić information content (AvgIpc) is 3.51. The Morgan fingerprint density at radius 1 is 1.22 bits per heavy atom. The number of thiophene rings is 1. The van der Waals surface area contributed by atoms with Crippen molar-refractivity contribution in [2.24, 2.45) is 5.92 Å². The van der Waals surface area contributed by atoms with Gasteiger partial charge in [-0.1, -0.05) is 30.3 Å². The Morgan fingerprint density at radius 2 is 2.08 bits per heavy atom.